The Morgan fingerprint density at radius 1 is 1.25 bits per heavy atom. The quantitative estimate of drug-likeness (QED) is 0.836. The Hall–Kier alpha value is -1.88. The molecule has 1 aromatic rings. The number of carboxylic acid groups (broad SMARTS) is 1. The molecule has 3 rings (SSSR count). The molecule has 2 N–H and O–H groups in total. The molecule has 0 bridgehead atoms. The minimum atomic E-state index is -0.896. The van der Waals surface area contributed by atoms with Gasteiger partial charge in [-0.1, -0.05) is 24.3 Å². The highest BCUT2D eigenvalue weighted by Gasteiger charge is 2.37. The summed E-state index contributed by atoms with van der Waals surface area (Å²) < 4.78 is 0. The molecule has 1 unspecified atom stereocenters. The summed E-state index contributed by atoms with van der Waals surface area (Å²) in [5, 5.41) is 12.4. The molecule has 20 heavy (non-hydrogen) atoms. The second kappa shape index (κ2) is 5.25. The first-order valence-corrected chi connectivity index (χ1v) is 7.00. The van der Waals surface area contributed by atoms with Crippen molar-refractivity contribution in [3.05, 3.63) is 35.4 Å². The van der Waals surface area contributed by atoms with Crippen LogP contribution >= 0.6 is 0 Å². The van der Waals surface area contributed by atoms with Crippen molar-refractivity contribution < 1.29 is 14.7 Å². The highest BCUT2D eigenvalue weighted by molar-refractivity contribution is 5.88. The zero-order chi connectivity index (χ0) is 14.1. The largest absolute Gasteiger partial charge is 0.480 e. The molecule has 2 aliphatic rings. The van der Waals surface area contributed by atoms with E-state index in [1.807, 2.05) is 18.2 Å². The minimum Gasteiger partial charge on any atom is -0.480 e. The van der Waals surface area contributed by atoms with Gasteiger partial charge in [-0.05, 0) is 30.4 Å². The Morgan fingerprint density at radius 2 is 2.00 bits per heavy atom. The second-order valence-corrected chi connectivity index (χ2v) is 5.43. The fraction of sp³-hybridized carbons (Fsp3) is 0.467. The van der Waals surface area contributed by atoms with Crippen LogP contribution in [0.3, 0.4) is 0 Å². The molecule has 1 amide bonds. The highest BCUT2D eigenvalue weighted by atomic mass is 16.4. The molecule has 1 saturated heterocycles. The molecule has 5 heteroatoms. The van der Waals surface area contributed by atoms with Crippen molar-refractivity contribution in [1.29, 1.82) is 0 Å². The molecule has 0 aromatic heterocycles. The van der Waals surface area contributed by atoms with Crippen LogP contribution in [0.1, 0.15) is 24.0 Å². The Bertz CT molecular complexity index is 544. The third-order valence-electron chi connectivity index (χ3n) is 4.20. The van der Waals surface area contributed by atoms with E-state index in [0.29, 0.717) is 25.9 Å². The molecular formula is C15H18N2O3. The van der Waals surface area contributed by atoms with E-state index < -0.39 is 12.0 Å². The zero-order valence-corrected chi connectivity index (χ0v) is 11.2. The van der Waals surface area contributed by atoms with Crippen LogP contribution in [0.5, 0.6) is 0 Å². The summed E-state index contributed by atoms with van der Waals surface area (Å²) in [6.45, 7) is 1.22. The van der Waals surface area contributed by atoms with Crippen LogP contribution < -0.4 is 5.32 Å². The van der Waals surface area contributed by atoms with Crippen molar-refractivity contribution in [1.82, 2.24) is 10.2 Å². The molecular weight excluding hydrogens is 256 g/mol. The van der Waals surface area contributed by atoms with Gasteiger partial charge < -0.3 is 15.3 Å². The number of benzene rings is 1. The maximum absolute atomic E-state index is 12.5. The fourth-order valence-electron chi connectivity index (χ4n) is 3.12. The van der Waals surface area contributed by atoms with Crippen LogP contribution in [-0.4, -0.2) is 40.5 Å². The number of rotatable bonds is 2. The minimum absolute atomic E-state index is 0.0793. The molecule has 2 heterocycles. The van der Waals surface area contributed by atoms with Crippen LogP contribution in [0.15, 0.2) is 24.3 Å². The molecule has 0 saturated carbocycles. The van der Waals surface area contributed by atoms with E-state index in [9.17, 15) is 14.7 Å². The summed E-state index contributed by atoms with van der Waals surface area (Å²) in [5.41, 5.74) is 2.39. The van der Waals surface area contributed by atoms with Crippen molar-refractivity contribution >= 4 is 11.9 Å². The van der Waals surface area contributed by atoms with Gasteiger partial charge in [-0.25, -0.2) is 4.79 Å². The van der Waals surface area contributed by atoms with Crippen LogP contribution in [0, 0.1) is 0 Å². The number of likely N-dealkylation sites (tertiary alicyclic amines) is 1. The lowest BCUT2D eigenvalue weighted by Crippen LogP contribution is -2.52. The van der Waals surface area contributed by atoms with Crippen LogP contribution in [-0.2, 0) is 22.6 Å². The van der Waals surface area contributed by atoms with E-state index >= 15 is 0 Å². The Kier molecular flexibility index (Phi) is 3.44. The number of nitrogens with one attached hydrogen (secondary N) is 1. The van der Waals surface area contributed by atoms with E-state index in [1.54, 1.807) is 0 Å². The highest BCUT2D eigenvalue weighted by Crippen LogP contribution is 2.22. The van der Waals surface area contributed by atoms with Crippen molar-refractivity contribution in [2.45, 2.75) is 37.9 Å². The molecule has 106 valence electrons. The van der Waals surface area contributed by atoms with Gasteiger partial charge >= 0.3 is 5.97 Å². The SMILES string of the molecule is O=C(O)C1CCCN1C(=O)[C@@H]1Cc2ccccc2CN1. The summed E-state index contributed by atoms with van der Waals surface area (Å²) in [6, 6.07) is 7.10. The second-order valence-electron chi connectivity index (χ2n) is 5.43. The fourth-order valence-corrected chi connectivity index (χ4v) is 3.12. The van der Waals surface area contributed by atoms with Gasteiger partial charge in [-0.15, -0.1) is 0 Å². The van der Waals surface area contributed by atoms with Gasteiger partial charge in [0.15, 0.2) is 0 Å². The van der Waals surface area contributed by atoms with E-state index in [2.05, 4.69) is 11.4 Å². The Morgan fingerprint density at radius 3 is 2.75 bits per heavy atom. The monoisotopic (exact) mass is 274 g/mol. The molecule has 5 nitrogen and oxygen atoms in total. The molecule has 0 radical (unpaired) electrons. The smallest absolute Gasteiger partial charge is 0.326 e. The summed E-state index contributed by atoms with van der Waals surface area (Å²) >= 11 is 0. The molecule has 0 spiro atoms. The number of nitrogens with zero attached hydrogens (tertiary/aromatic N) is 1. The predicted molar refractivity (Wildman–Crippen MR) is 73.1 cm³/mol. The van der Waals surface area contributed by atoms with Crippen LogP contribution in [0.25, 0.3) is 0 Å². The molecule has 2 atom stereocenters. The number of amides is 1. The first kappa shape index (κ1) is 13.1. The number of carbonyl (C=O) groups is 2. The number of carboxylic acids is 1. The lowest BCUT2D eigenvalue weighted by molar-refractivity contribution is -0.149. The molecule has 2 aliphatic heterocycles. The van der Waals surface area contributed by atoms with Crippen molar-refractivity contribution in [3.63, 3.8) is 0 Å². The van der Waals surface area contributed by atoms with Crippen LogP contribution in [0.4, 0.5) is 0 Å². The zero-order valence-electron chi connectivity index (χ0n) is 11.2. The standard InChI is InChI=1S/C15H18N2O3/c18-14(17-7-3-6-13(17)15(19)20)12-8-10-4-1-2-5-11(10)9-16-12/h1-2,4-5,12-13,16H,3,6-9H2,(H,19,20)/t12-,13?/m0/s1. The van der Waals surface area contributed by atoms with E-state index in [0.717, 1.165) is 6.42 Å². The number of carbonyl (C=O) groups excluding carboxylic acids is 1. The first-order chi connectivity index (χ1) is 9.66. The summed E-state index contributed by atoms with van der Waals surface area (Å²) in [5.74, 6) is -0.975. The third-order valence-corrected chi connectivity index (χ3v) is 4.20. The normalized spacial score (nSPS) is 25.3. The van der Waals surface area contributed by atoms with Gasteiger partial charge in [0, 0.05) is 13.1 Å². The Labute approximate surface area is 117 Å². The number of hydrogen-bond donors (Lipinski definition) is 2. The lowest BCUT2D eigenvalue weighted by atomic mass is 9.95. The van der Waals surface area contributed by atoms with Crippen molar-refractivity contribution in [2.75, 3.05) is 6.54 Å². The summed E-state index contributed by atoms with van der Waals surface area (Å²) in [7, 11) is 0. The van der Waals surface area contributed by atoms with Gasteiger partial charge in [0.2, 0.25) is 5.91 Å². The van der Waals surface area contributed by atoms with E-state index in [1.165, 1.54) is 16.0 Å². The number of fused-ring (bicyclic) bond motifs is 1. The summed E-state index contributed by atoms with van der Waals surface area (Å²) in [6.07, 6.45) is 1.97. The van der Waals surface area contributed by atoms with Gasteiger partial charge in [0.1, 0.15) is 6.04 Å². The van der Waals surface area contributed by atoms with Gasteiger partial charge in [-0.3, -0.25) is 4.79 Å². The average molecular weight is 274 g/mol. The van der Waals surface area contributed by atoms with Gasteiger partial charge in [-0.2, -0.15) is 0 Å². The third kappa shape index (κ3) is 2.29. The molecule has 0 aliphatic carbocycles. The summed E-state index contributed by atoms with van der Waals surface area (Å²) in [4.78, 5) is 25.2. The maximum Gasteiger partial charge on any atom is 0.326 e. The van der Waals surface area contributed by atoms with Gasteiger partial charge in [0.05, 0.1) is 6.04 Å². The topological polar surface area (TPSA) is 69.6 Å². The first-order valence-electron chi connectivity index (χ1n) is 7.00. The van der Waals surface area contributed by atoms with Gasteiger partial charge in [0.25, 0.3) is 0 Å². The van der Waals surface area contributed by atoms with Crippen molar-refractivity contribution in [2.24, 2.45) is 0 Å². The van der Waals surface area contributed by atoms with Crippen molar-refractivity contribution in [3.8, 4) is 0 Å². The predicted octanol–water partition coefficient (Wildman–Crippen LogP) is 0.776. The van der Waals surface area contributed by atoms with Crippen LogP contribution in [0.2, 0.25) is 0 Å². The molecule has 1 aromatic carbocycles. The number of aliphatic carboxylic acids is 1. The maximum atomic E-state index is 12.5. The molecule has 1 fully saturated rings. The Balaban J connectivity index is 1.74. The lowest BCUT2D eigenvalue weighted by Gasteiger charge is -2.30. The number of hydrogen-bond acceptors (Lipinski definition) is 3. The van der Waals surface area contributed by atoms with E-state index in [-0.39, 0.29) is 11.9 Å². The van der Waals surface area contributed by atoms with E-state index in [4.69, 9.17) is 0 Å². The average Bonchev–Trinajstić information content (AvgIpc) is 2.95.